The number of amides is 1. The number of hydrogen-bond donors (Lipinski definition) is 0. The van der Waals surface area contributed by atoms with Crippen molar-refractivity contribution in [1.82, 2.24) is 4.90 Å². The van der Waals surface area contributed by atoms with Crippen molar-refractivity contribution in [2.45, 2.75) is 70.0 Å². The van der Waals surface area contributed by atoms with Crippen molar-refractivity contribution < 1.29 is 4.79 Å². The highest BCUT2D eigenvalue weighted by molar-refractivity contribution is 9.09. The van der Waals surface area contributed by atoms with Gasteiger partial charge in [-0.25, -0.2) is 0 Å². The summed E-state index contributed by atoms with van der Waals surface area (Å²) >= 11 is 3.66. The number of hydrogen-bond acceptors (Lipinski definition) is 1. The molecule has 0 aromatic rings. The second-order valence-corrected chi connectivity index (χ2v) is 7.00. The first-order valence-corrected chi connectivity index (χ1v) is 8.48. The number of carbonyl (C=O) groups excluding carboxylic acids is 1. The molecule has 0 aromatic heterocycles. The highest BCUT2D eigenvalue weighted by Crippen LogP contribution is 2.25. The van der Waals surface area contributed by atoms with Gasteiger partial charge in [0.25, 0.3) is 0 Å². The molecule has 0 aliphatic carbocycles. The second-order valence-electron chi connectivity index (χ2n) is 5.56. The highest BCUT2D eigenvalue weighted by Gasteiger charge is 2.24. The van der Waals surface area contributed by atoms with E-state index in [1.807, 2.05) is 0 Å². The van der Waals surface area contributed by atoms with Gasteiger partial charge in [-0.05, 0) is 25.2 Å². The summed E-state index contributed by atoms with van der Waals surface area (Å²) in [5, 5.41) is 0. The van der Waals surface area contributed by atoms with Crippen molar-refractivity contribution in [3.63, 3.8) is 0 Å². The van der Waals surface area contributed by atoms with Crippen molar-refractivity contribution in [1.29, 1.82) is 0 Å². The van der Waals surface area contributed by atoms with Crippen molar-refractivity contribution in [2.24, 2.45) is 5.92 Å². The van der Waals surface area contributed by atoms with Crippen LogP contribution in [0, 0.1) is 5.92 Å². The van der Waals surface area contributed by atoms with Crippen LogP contribution in [-0.4, -0.2) is 28.7 Å². The molecule has 18 heavy (non-hydrogen) atoms. The van der Waals surface area contributed by atoms with Gasteiger partial charge in [0.1, 0.15) is 0 Å². The average molecular weight is 318 g/mol. The number of piperidine rings is 1. The zero-order valence-electron chi connectivity index (χ0n) is 12.0. The fourth-order valence-corrected chi connectivity index (χ4v) is 3.17. The van der Waals surface area contributed by atoms with Crippen LogP contribution in [0.2, 0.25) is 0 Å². The fraction of sp³-hybridized carbons (Fsp3) is 0.933. The quantitative estimate of drug-likeness (QED) is 0.504. The number of rotatable bonds is 7. The van der Waals surface area contributed by atoms with E-state index in [1.54, 1.807) is 0 Å². The molecule has 106 valence electrons. The minimum absolute atomic E-state index is 0.382. The SMILES string of the molecule is CCCCCCCC(=O)N1CCC(C(C)Br)CC1. The molecule has 0 radical (unpaired) electrons. The summed E-state index contributed by atoms with van der Waals surface area (Å²) in [5.74, 6) is 1.13. The van der Waals surface area contributed by atoms with Crippen LogP contribution in [0.1, 0.15) is 65.2 Å². The van der Waals surface area contributed by atoms with Crippen LogP contribution in [0.4, 0.5) is 0 Å². The number of carbonyl (C=O) groups is 1. The van der Waals surface area contributed by atoms with Crippen molar-refractivity contribution in [2.75, 3.05) is 13.1 Å². The Morgan fingerprint density at radius 1 is 1.22 bits per heavy atom. The summed E-state index contributed by atoms with van der Waals surface area (Å²) in [5.41, 5.74) is 0. The first-order chi connectivity index (χ1) is 8.65. The normalized spacial score (nSPS) is 18.9. The smallest absolute Gasteiger partial charge is 0.222 e. The van der Waals surface area contributed by atoms with Crippen LogP contribution >= 0.6 is 15.9 Å². The standard InChI is InChI=1S/C15H28BrNO/c1-3-4-5-6-7-8-15(18)17-11-9-14(10-12-17)13(2)16/h13-14H,3-12H2,1-2H3. The number of likely N-dealkylation sites (tertiary alicyclic amines) is 1. The predicted molar refractivity (Wildman–Crippen MR) is 81.1 cm³/mol. The molecular weight excluding hydrogens is 290 g/mol. The van der Waals surface area contributed by atoms with Gasteiger partial charge in [0.05, 0.1) is 0 Å². The Hall–Kier alpha value is -0.0500. The Balaban J connectivity index is 2.12. The molecule has 1 atom stereocenters. The lowest BCUT2D eigenvalue weighted by Crippen LogP contribution is -2.39. The minimum atomic E-state index is 0.382. The second kappa shape index (κ2) is 8.95. The van der Waals surface area contributed by atoms with Crippen LogP contribution in [0.25, 0.3) is 0 Å². The van der Waals surface area contributed by atoms with Gasteiger partial charge in [-0.1, -0.05) is 55.5 Å². The lowest BCUT2D eigenvalue weighted by atomic mass is 9.94. The first-order valence-electron chi connectivity index (χ1n) is 7.57. The summed E-state index contributed by atoms with van der Waals surface area (Å²) in [6.07, 6.45) is 9.24. The van der Waals surface area contributed by atoms with E-state index in [-0.39, 0.29) is 0 Å². The maximum absolute atomic E-state index is 12.0. The summed E-state index contributed by atoms with van der Waals surface area (Å²) < 4.78 is 0. The third-order valence-corrected chi connectivity index (χ3v) is 4.78. The molecule has 2 nitrogen and oxygen atoms in total. The maximum atomic E-state index is 12.0. The van der Waals surface area contributed by atoms with Crippen LogP contribution in [-0.2, 0) is 4.79 Å². The van der Waals surface area contributed by atoms with E-state index in [1.165, 1.54) is 25.7 Å². The van der Waals surface area contributed by atoms with Gasteiger partial charge < -0.3 is 4.90 Å². The Labute approximate surface area is 121 Å². The van der Waals surface area contributed by atoms with Gasteiger partial charge in [-0.2, -0.15) is 0 Å². The summed E-state index contributed by atoms with van der Waals surface area (Å²) in [6, 6.07) is 0. The monoisotopic (exact) mass is 317 g/mol. The van der Waals surface area contributed by atoms with E-state index < -0.39 is 0 Å². The molecule has 1 heterocycles. The molecule has 0 bridgehead atoms. The third kappa shape index (κ3) is 5.73. The Morgan fingerprint density at radius 2 is 1.83 bits per heavy atom. The molecule has 1 saturated heterocycles. The van der Waals surface area contributed by atoms with E-state index in [9.17, 15) is 4.79 Å². The van der Waals surface area contributed by atoms with Gasteiger partial charge in [-0.15, -0.1) is 0 Å². The number of nitrogens with zero attached hydrogens (tertiary/aromatic N) is 1. The number of alkyl halides is 1. The van der Waals surface area contributed by atoms with E-state index in [0.29, 0.717) is 10.7 Å². The first kappa shape index (κ1) is 16.0. The average Bonchev–Trinajstić information content (AvgIpc) is 2.38. The molecule has 1 amide bonds. The van der Waals surface area contributed by atoms with Crippen LogP contribution in [0.15, 0.2) is 0 Å². The lowest BCUT2D eigenvalue weighted by Gasteiger charge is -2.33. The number of halogens is 1. The van der Waals surface area contributed by atoms with Crippen LogP contribution in [0.5, 0.6) is 0 Å². The Morgan fingerprint density at radius 3 is 2.39 bits per heavy atom. The Bertz CT molecular complexity index is 235. The number of unbranched alkanes of at least 4 members (excludes halogenated alkanes) is 4. The van der Waals surface area contributed by atoms with Gasteiger partial charge in [0.15, 0.2) is 0 Å². The van der Waals surface area contributed by atoms with E-state index in [2.05, 4.69) is 34.7 Å². The minimum Gasteiger partial charge on any atom is -0.343 e. The summed E-state index contributed by atoms with van der Waals surface area (Å²) in [6.45, 7) is 6.37. The van der Waals surface area contributed by atoms with Gasteiger partial charge >= 0.3 is 0 Å². The van der Waals surface area contributed by atoms with E-state index in [4.69, 9.17) is 0 Å². The molecule has 3 heteroatoms. The molecule has 0 N–H and O–H groups in total. The zero-order chi connectivity index (χ0) is 13.4. The zero-order valence-corrected chi connectivity index (χ0v) is 13.5. The predicted octanol–water partition coefficient (Wildman–Crippen LogP) is 4.37. The molecule has 0 spiro atoms. The molecule has 1 aliphatic rings. The molecule has 0 saturated carbocycles. The molecule has 1 rings (SSSR count). The van der Waals surface area contributed by atoms with Gasteiger partial charge in [-0.3, -0.25) is 4.79 Å². The largest absolute Gasteiger partial charge is 0.343 e. The van der Waals surface area contributed by atoms with Crippen LogP contribution < -0.4 is 0 Å². The molecule has 1 aliphatic heterocycles. The summed E-state index contributed by atoms with van der Waals surface area (Å²) in [4.78, 5) is 14.7. The highest BCUT2D eigenvalue weighted by atomic mass is 79.9. The lowest BCUT2D eigenvalue weighted by molar-refractivity contribution is -0.132. The van der Waals surface area contributed by atoms with Crippen molar-refractivity contribution in [3.05, 3.63) is 0 Å². The maximum Gasteiger partial charge on any atom is 0.222 e. The van der Waals surface area contributed by atoms with Gasteiger partial charge in [0, 0.05) is 24.3 Å². The molecule has 1 fully saturated rings. The Kier molecular flexibility index (Phi) is 7.96. The third-order valence-electron chi connectivity index (χ3n) is 4.04. The topological polar surface area (TPSA) is 20.3 Å². The van der Waals surface area contributed by atoms with Crippen molar-refractivity contribution >= 4 is 21.8 Å². The van der Waals surface area contributed by atoms with Crippen molar-refractivity contribution in [3.8, 4) is 0 Å². The molecular formula is C15H28BrNO. The van der Waals surface area contributed by atoms with Crippen LogP contribution in [0.3, 0.4) is 0 Å². The van der Waals surface area contributed by atoms with Gasteiger partial charge in [0.2, 0.25) is 5.91 Å². The summed E-state index contributed by atoms with van der Waals surface area (Å²) in [7, 11) is 0. The fourth-order valence-electron chi connectivity index (χ4n) is 2.65. The van der Waals surface area contributed by atoms with E-state index in [0.717, 1.165) is 44.7 Å². The van der Waals surface area contributed by atoms with E-state index >= 15 is 0 Å². The molecule has 1 unspecified atom stereocenters. The molecule has 0 aromatic carbocycles.